The van der Waals surface area contributed by atoms with Gasteiger partial charge in [0.1, 0.15) is 5.69 Å². The minimum atomic E-state index is -0.389. The molecule has 0 unspecified atom stereocenters. The molecule has 6 nitrogen and oxygen atoms in total. The van der Waals surface area contributed by atoms with Crippen molar-refractivity contribution in [2.24, 2.45) is 5.84 Å². The molecule has 0 atom stereocenters. The lowest BCUT2D eigenvalue weighted by Crippen LogP contribution is -2.31. The molecule has 0 spiro atoms. The molecule has 2 aromatic heterocycles. The molecule has 0 aliphatic rings. The Bertz CT molecular complexity index is 629. The molecule has 110 valence electrons. The number of hydrazine groups is 1. The monoisotopic (exact) mass is 285 g/mol. The van der Waals surface area contributed by atoms with Gasteiger partial charge in [0.05, 0.1) is 11.4 Å². The van der Waals surface area contributed by atoms with E-state index in [2.05, 4.69) is 20.3 Å². The lowest BCUT2D eigenvalue weighted by atomic mass is 10.2. The van der Waals surface area contributed by atoms with E-state index in [4.69, 9.17) is 5.84 Å². The number of pyridine rings is 2. The summed E-state index contributed by atoms with van der Waals surface area (Å²) in [6, 6.07) is 11.3. The van der Waals surface area contributed by atoms with E-state index < -0.39 is 0 Å². The van der Waals surface area contributed by atoms with Crippen molar-refractivity contribution >= 4 is 5.91 Å². The van der Waals surface area contributed by atoms with Crippen LogP contribution in [-0.2, 0) is 13.1 Å². The molecular formula is C15H19N5O. The molecule has 2 heterocycles. The predicted molar refractivity (Wildman–Crippen MR) is 80.0 cm³/mol. The molecule has 0 radical (unpaired) electrons. The van der Waals surface area contributed by atoms with Crippen molar-refractivity contribution in [3.05, 3.63) is 59.2 Å². The molecule has 2 aromatic rings. The van der Waals surface area contributed by atoms with Gasteiger partial charge < -0.3 is 0 Å². The summed E-state index contributed by atoms with van der Waals surface area (Å²) in [5.74, 6) is 4.72. The van der Waals surface area contributed by atoms with Crippen LogP contribution >= 0.6 is 0 Å². The van der Waals surface area contributed by atoms with Crippen LogP contribution in [0.1, 0.15) is 27.6 Å². The first-order valence-electron chi connectivity index (χ1n) is 6.66. The molecule has 0 fully saturated rings. The molecule has 0 aromatic carbocycles. The average molecular weight is 285 g/mol. The number of hydrogen-bond acceptors (Lipinski definition) is 5. The number of nitrogens with one attached hydrogen (secondary N) is 1. The van der Waals surface area contributed by atoms with E-state index in [-0.39, 0.29) is 5.91 Å². The number of aryl methyl sites for hydroxylation is 1. The summed E-state index contributed by atoms with van der Waals surface area (Å²) >= 11 is 0. The summed E-state index contributed by atoms with van der Waals surface area (Å²) in [6.45, 7) is 3.32. The van der Waals surface area contributed by atoms with Crippen molar-refractivity contribution in [1.82, 2.24) is 20.3 Å². The van der Waals surface area contributed by atoms with E-state index in [0.717, 1.165) is 23.6 Å². The number of rotatable bonds is 5. The first-order valence-corrected chi connectivity index (χ1v) is 6.66. The Balaban J connectivity index is 2.02. The third-order valence-corrected chi connectivity index (χ3v) is 2.98. The smallest absolute Gasteiger partial charge is 0.283 e. The van der Waals surface area contributed by atoms with Crippen LogP contribution < -0.4 is 11.3 Å². The standard InChI is InChI=1S/C15H19N5O/c1-11-5-3-6-12(17-11)9-20(2)10-13-7-4-8-14(18-13)15(21)19-16/h3-8H,9-10,16H2,1-2H3,(H,19,21). The second-order valence-corrected chi connectivity index (χ2v) is 4.93. The number of carbonyl (C=O) groups is 1. The van der Waals surface area contributed by atoms with Gasteiger partial charge in [0.2, 0.25) is 0 Å². The first kappa shape index (κ1) is 15.1. The number of nitrogens with two attached hydrogens (primary N) is 1. The SMILES string of the molecule is Cc1cccc(CN(C)Cc2cccc(C(=O)NN)n2)n1. The predicted octanol–water partition coefficient (Wildman–Crippen LogP) is 1.02. The minimum Gasteiger partial charge on any atom is -0.295 e. The van der Waals surface area contributed by atoms with Crippen LogP contribution in [0.2, 0.25) is 0 Å². The van der Waals surface area contributed by atoms with Gasteiger partial charge in [0.25, 0.3) is 5.91 Å². The van der Waals surface area contributed by atoms with E-state index in [1.165, 1.54) is 0 Å². The largest absolute Gasteiger partial charge is 0.295 e. The van der Waals surface area contributed by atoms with Gasteiger partial charge in [-0.15, -0.1) is 0 Å². The molecule has 0 aliphatic carbocycles. The number of nitrogens with zero attached hydrogens (tertiary/aromatic N) is 3. The van der Waals surface area contributed by atoms with Gasteiger partial charge in [-0.3, -0.25) is 20.1 Å². The Morgan fingerprint density at radius 3 is 2.38 bits per heavy atom. The fraction of sp³-hybridized carbons (Fsp3) is 0.267. The van der Waals surface area contributed by atoms with Crippen LogP contribution in [-0.4, -0.2) is 27.8 Å². The second kappa shape index (κ2) is 6.92. The Morgan fingerprint density at radius 1 is 1.14 bits per heavy atom. The maximum atomic E-state index is 11.5. The van der Waals surface area contributed by atoms with E-state index in [1.54, 1.807) is 12.1 Å². The zero-order valence-electron chi connectivity index (χ0n) is 12.2. The Kier molecular flexibility index (Phi) is 4.97. The van der Waals surface area contributed by atoms with Crippen molar-refractivity contribution in [1.29, 1.82) is 0 Å². The highest BCUT2D eigenvalue weighted by Gasteiger charge is 2.08. The summed E-state index contributed by atoms with van der Waals surface area (Å²) in [5, 5.41) is 0. The second-order valence-electron chi connectivity index (χ2n) is 4.93. The number of aromatic nitrogens is 2. The fourth-order valence-corrected chi connectivity index (χ4v) is 2.06. The van der Waals surface area contributed by atoms with Crippen molar-refractivity contribution < 1.29 is 4.79 Å². The number of carbonyl (C=O) groups excluding carboxylic acids is 1. The van der Waals surface area contributed by atoms with Crippen LogP contribution in [0.3, 0.4) is 0 Å². The molecule has 21 heavy (non-hydrogen) atoms. The van der Waals surface area contributed by atoms with Gasteiger partial charge in [0, 0.05) is 18.8 Å². The minimum absolute atomic E-state index is 0.317. The van der Waals surface area contributed by atoms with Crippen LogP contribution in [0.4, 0.5) is 0 Å². The van der Waals surface area contributed by atoms with Gasteiger partial charge in [0.15, 0.2) is 0 Å². The van der Waals surface area contributed by atoms with Crippen LogP contribution in [0.5, 0.6) is 0 Å². The van der Waals surface area contributed by atoms with Crippen LogP contribution in [0, 0.1) is 6.92 Å². The van der Waals surface area contributed by atoms with Gasteiger partial charge in [-0.2, -0.15) is 0 Å². The number of nitrogen functional groups attached to an aromatic ring is 1. The van der Waals surface area contributed by atoms with Crippen LogP contribution in [0.25, 0.3) is 0 Å². The third-order valence-electron chi connectivity index (χ3n) is 2.98. The Labute approximate surface area is 124 Å². The topological polar surface area (TPSA) is 84.1 Å². The quantitative estimate of drug-likeness (QED) is 0.487. The summed E-state index contributed by atoms with van der Waals surface area (Å²) in [6.07, 6.45) is 0. The van der Waals surface area contributed by atoms with Gasteiger partial charge in [-0.05, 0) is 38.2 Å². The normalized spacial score (nSPS) is 10.7. The highest BCUT2D eigenvalue weighted by molar-refractivity contribution is 5.91. The van der Waals surface area contributed by atoms with E-state index in [9.17, 15) is 4.79 Å². The zero-order chi connectivity index (χ0) is 15.2. The molecule has 6 heteroatoms. The maximum absolute atomic E-state index is 11.5. The van der Waals surface area contributed by atoms with Crippen molar-refractivity contribution in [2.45, 2.75) is 20.0 Å². The van der Waals surface area contributed by atoms with E-state index >= 15 is 0 Å². The van der Waals surface area contributed by atoms with Crippen molar-refractivity contribution in [3.8, 4) is 0 Å². The molecular weight excluding hydrogens is 266 g/mol. The summed E-state index contributed by atoms with van der Waals surface area (Å²) in [7, 11) is 1.99. The van der Waals surface area contributed by atoms with E-state index in [1.807, 2.05) is 38.2 Å². The number of hydrogen-bond donors (Lipinski definition) is 2. The Hall–Kier alpha value is -2.31. The van der Waals surface area contributed by atoms with Gasteiger partial charge in [-0.1, -0.05) is 12.1 Å². The lowest BCUT2D eigenvalue weighted by Gasteiger charge is -2.16. The summed E-state index contributed by atoms with van der Waals surface area (Å²) in [5.41, 5.74) is 5.22. The van der Waals surface area contributed by atoms with E-state index in [0.29, 0.717) is 12.2 Å². The Morgan fingerprint density at radius 2 is 1.76 bits per heavy atom. The molecule has 1 amide bonds. The summed E-state index contributed by atoms with van der Waals surface area (Å²) in [4.78, 5) is 22.3. The third kappa shape index (κ3) is 4.34. The van der Waals surface area contributed by atoms with Crippen molar-refractivity contribution in [3.63, 3.8) is 0 Å². The highest BCUT2D eigenvalue weighted by atomic mass is 16.2. The molecule has 2 rings (SSSR count). The average Bonchev–Trinajstić information content (AvgIpc) is 2.46. The summed E-state index contributed by atoms with van der Waals surface area (Å²) < 4.78 is 0. The fourth-order valence-electron chi connectivity index (χ4n) is 2.06. The molecule has 0 saturated carbocycles. The zero-order valence-corrected chi connectivity index (χ0v) is 12.2. The lowest BCUT2D eigenvalue weighted by molar-refractivity contribution is 0.0948. The van der Waals surface area contributed by atoms with Gasteiger partial charge >= 0.3 is 0 Å². The molecule has 0 bridgehead atoms. The van der Waals surface area contributed by atoms with Crippen LogP contribution in [0.15, 0.2) is 36.4 Å². The number of amides is 1. The first-order chi connectivity index (χ1) is 10.1. The highest BCUT2D eigenvalue weighted by Crippen LogP contribution is 2.07. The maximum Gasteiger partial charge on any atom is 0.283 e. The van der Waals surface area contributed by atoms with Gasteiger partial charge in [-0.25, -0.2) is 10.8 Å². The molecule has 3 N–H and O–H groups in total. The molecule has 0 aliphatic heterocycles. The van der Waals surface area contributed by atoms with Crippen molar-refractivity contribution in [2.75, 3.05) is 7.05 Å². The molecule has 0 saturated heterocycles.